The summed E-state index contributed by atoms with van der Waals surface area (Å²) in [7, 11) is 3.73. The van der Waals surface area contributed by atoms with Gasteiger partial charge in [0.1, 0.15) is 5.75 Å². The van der Waals surface area contributed by atoms with Crippen LogP contribution < -0.4 is 10.1 Å². The van der Waals surface area contributed by atoms with Gasteiger partial charge in [0.15, 0.2) is 0 Å². The number of amides is 1. The molecule has 4 nitrogen and oxygen atoms in total. The Labute approximate surface area is 109 Å². The number of nitrogens with zero attached hydrogens (tertiary/aromatic N) is 1. The Hall–Kier alpha value is -1.55. The number of likely N-dealkylation sites (N-methyl/N-ethyl adjacent to an activating group) is 1. The number of rotatable bonds is 6. The second kappa shape index (κ2) is 7.01. The van der Waals surface area contributed by atoms with Crippen LogP contribution in [0.1, 0.15) is 20.3 Å². The van der Waals surface area contributed by atoms with E-state index in [1.165, 1.54) is 0 Å². The lowest BCUT2D eigenvalue weighted by Gasteiger charge is -2.14. The van der Waals surface area contributed by atoms with Gasteiger partial charge in [-0.25, -0.2) is 0 Å². The SMILES string of the molecule is CCC(C)Oc1cccc(NC(=O)CN(C)C)c1. The predicted molar refractivity (Wildman–Crippen MR) is 74.0 cm³/mol. The highest BCUT2D eigenvalue weighted by Gasteiger charge is 2.05. The molecule has 0 radical (unpaired) electrons. The summed E-state index contributed by atoms with van der Waals surface area (Å²) in [5, 5.41) is 2.84. The molecule has 0 aromatic heterocycles. The fraction of sp³-hybridized carbons (Fsp3) is 0.500. The quantitative estimate of drug-likeness (QED) is 0.842. The zero-order valence-corrected chi connectivity index (χ0v) is 11.6. The maximum Gasteiger partial charge on any atom is 0.238 e. The molecule has 0 saturated carbocycles. The van der Waals surface area contributed by atoms with E-state index in [4.69, 9.17) is 4.74 Å². The molecule has 0 spiro atoms. The predicted octanol–water partition coefficient (Wildman–Crippen LogP) is 2.36. The largest absolute Gasteiger partial charge is 0.491 e. The number of ether oxygens (including phenoxy) is 1. The average molecular weight is 250 g/mol. The minimum absolute atomic E-state index is 0.0271. The Morgan fingerprint density at radius 3 is 2.78 bits per heavy atom. The van der Waals surface area contributed by atoms with Crippen molar-refractivity contribution in [1.82, 2.24) is 4.90 Å². The van der Waals surface area contributed by atoms with Crippen LogP contribution in [0.25, 0.3) is 0 Å². The first-order valence-corrected chi connectivity index (χ1v) is 6.22. The van der Waals surface area contributed by atoms with E-state index in [2.05, 4.69) is 12.2 Å². The summed E-state index contributed by atoms with van der Waals surface area (Å²) < 4.78 is 5.71. The minimum Gasteiger partial charge on any atom is -0.491 e. The molecule has 4 heteroatoms. The van der Waals surface area contributed by atoms with Crippen molar-refractivity contribution >= 4 is 11.6 Å². The molecule has 0 bridgehead atoms. The number of hydrogen-bond acceptors (Lipinski definition) is 3. The van der Waals surface area contributed by atoms with Crippen LogP contribution in [0.15, 0.2) is 24.3 Å². The van der Waals surface area contributed by atoms with E-state index in [1.807, 2.05) is 50.2 Å². The van der Waals surface area contributed by atoms with Crippen molar-refractivity contribution in [2.75, 3.05) is 26.0 Å². The van der Waals surface area contributed by atoms with Gasteiger partial charge in [-0.1, -0.05) is 13.0 Å². The molecular weight excluding hydrogens is 228 g/mol. The molecule has 0 fully saturated rings. The lowest BCUT2D eigenvalue weighted by atomic mass is 10.2. The molecule has 0 aliphatic rings. The molecule has 1 rings (SSSR count). The molecule has 0 aliphatic carbocycles. The maximum atomic E-state index is 11.6. The third kappa shape index (κ3) is 5.19. The molecule has 1 aromatic carbocycles. The number of hydrogen-bond donors (Lipinski definition) is 1. The smallest absolute Gasteiger partial charge is 0.238 e. The molecule has 100 valence electrons. The Morgan fingerprint density at radius 2 is 2.17 bits per heavy atom. The molecule has 0 aliphatic heterocycles. The van der Waals surface area contributed by atoms with Crippen molar-refractivity contribution in [3.63, 3.8) is 0 Å². The third-order valence-corrected chi connectivity index (χ3v) is 2.49. The highest BCUT2D eigenvalue weighted by Crippen LogP contribution is 2.19. The number of benzene rings is 1. The Morgan fingerprint density at radius 1 is 1.44 bits per heavy atom. The Bertz CT molecular complexity index is 391. The average Bonchev–Trinajstić information content (AvgIpc) is 2.28. The van der Waals surface area contributed by atoms with E-state index in [1.54, 1.807) is 0 Å². The fourth-order valence-electron chi connectivity index (χ4n) is 1.45. The van der Waals surface area contributed by atoms with E-state index >= 15 is 0 Å². The Balaban J connectivity index is 2.61. The molecule has 0 saturated heterocycles. The summed E-state index contributed by atoms with van der Waals surface area (Å²) in [6, 6.07) is 7.48. The zero-order chi connectivity index (χ0) is 13.5. The summed E-state index contributed by atoms with van der Waals surface area (Å²) in [6.45, 7) is 4.47. The van der Waals surface area contributed by atoms with Crippen LogP contribution in [-0.4, -0.2) is 37.6 Å². The first kappa shape index (κ1) is 14.5. The van der Waals surface area contributed by atoms with Crippen molar-refractivity contribution in [2.24, 2.45) is 0 Å². The van der Waals surface area contributed by atoms with Gasteiger partial charge in [0.25, 0.3) is 0 Å². The first-order chi connectivity index (χ1) is 8.51. The summed E-state index contributed by atoms with van der Waals surface area (Å²) >= 11 is 0. The van der Waals surface area contributed by atoms with Crippen LogP contribution >= 0.6 is 0 Å². The van der Waals surface area contributed by atoms with E-state index in [0.717, 1.165) is 17.9 Å². The topological polar surface area (TPSA) is 41.6 Å². The van der Waals surface area contributed by atoms with Crippen LogP contribution in [0.3, 0.4) is 0 Å². The summed E-state index contributed by atoms with van der Waals surface area (Å²) in [6.07, 6.45) is 1.13. The Kier molecular flexibility index (Phi) is 5.65. The van der Waals surface area contributed by atoms with Crippen molar-refractivity contribution in [3.05, 3.63) is 24.3 Å². The van der Waals surface area contributed by atoms with Gasteiger partial charge in [-0.2, -0.15) is 0 Å². The van der Waals surface area contributed by atoms with Crippen LogP contribution in [-0.2, 0) is 4.79 Å². The van der Waals surface area contributed by atoms with Gasteiger partial charge in [-0.15, -0.1) is 0 Å². The normalized spacial score (nSPS) is 12.3. The van der Waals surface area contributed by atoms with E-state index in [-0.39, 0.29) is 12.0 Å². The second-order valence-electron chi connectivity index (χ2n) is 4.65. The highest BCUT2D eigenvalue weighted by molar-refractivity contribution is 5.92. The molecular formula is C14H22N2O2. The van der Waals surface area contributed by atoms with Gasteiger partial charge in [0.05, 0.1) is 12.6 Å². The van der Waals surface area contributed by atoms with Crippen molar-refractivity contribution in [1.29, 1.82) is 0 Å². The molecule has 1 unspecified atom stereocenters. The monoisotopic (exact) mass is 250 g/mol. The second-order valence-corrected chi connectivity index (χ2v) is 4.65. The lowest BCUT2D eigenvalue weighted by Crippen LogP contribution is -2.27. The van der Waals surface area contributed by atoms with Gasteiger partial charge < -0.3 is 15.0 Å². The molecule has 0 heterocycles. The van der Waals surface area contributed by atoms with Gasteiger partial charge in [-0.3, -0.25) is 4.79 Å². The summed E-state index contributed by atoms with van der Waals surface area (Å²) in [4.78, 5) is 13.4. The number of carbonyl (C=O) groups is 1. The van der Waals surface area contributed by atoms with Crippen molar-refractivity contribution < 1.29 is 9.53 Å². The third-order valence-electron chi connectivity index (χ3n) is 2.49. The van der Waals surface area contributed by atoms with Gasteiger partial charge in [-0.05, 0) is 39.6 Å². The highest BCUT2D eigenvalue weighted by atomic mass is 16.5. The summed E-state index contributed by atoms with van der Waals surface area (Å²) in [5.41, 5.74) is 0.766. The van der Waals surface area contributed by atoms with Crippen molar-refractivity contribution in [2.45, 2.75) is 26.4 Å². The number of anilines is 1. The van der Waals surface area contributed by atoms with Crippen LogP contribution in [0.5, 0.6) is 5.75 Å². The maximum absolute atomic E-state index is 11.6. The minimum atomic E-state index is -0.0271. The van der Waals surface area contributed by atoms with Gasteiger partial charge in [0.2, 0.25) is 5.91 Å². The molecule has 18 heavy (non-hydrogen) atoms. The molecule has 1 amide bonds. The fourth-order valence-corrected chi connectivity index (χ4v) is 1.45. The molecule has 1 aromatic rings. The van der Waals surface area contributed by atoms with Crippen LogP contribution in [0.2, 0.25) is 0 Å². The molecule has 1 atom stereocenters. The van der Waals surface area contributed by atoms with Crippen molar-refractivity contribution in [3.8, 4) is 5.75 Å². The van der Waals surface area contributed by atoms with Gasteiger partial charge in [0, 0.05) is 11.8 Å². The van der Waals surface area contributed by atoms with E-state index in [0.29, 0.717) is 6.54 Å². The number of nitrogens with one attached hydrogen (secondary N) is 1. The molecule has 1 N–H and O–H groups in total. The van der Waals surface area contributed by atoms with Gasteiger partial charge >= 0.3 is 0 Å². The first-order valence-electron chi connectivity index (χ1n) is 6.22. The number of carbonyl (C=O) groups excluding carboxylic acids is 1. The van der Waals surface area contributed by atoms with E-state index < -0.39 is 0 Å². The van der Waals surface area contributed by atoms with Crippen LogP contribution in [0, 0.1) is 0 Å². The summed E-state index contributed by atoms with van der Waals surface area (Å²) in [5.74, 6) is 0.757. The van der Waals surface area contributed by atoms with Crippen LogP contribution in [0.4, 0.5) is 5.69 Å². The lowest BCUT2D eigenvalue weighted by molar-refractivity contribution is -0.116. The zero-order valence-electron chi connectivity index (χ0n) is 11.6. The standard InChI is InChI=1S/C14H22N2O2/c1-5-11(2)18-13-8-6-7-12(9-13)15-14(17)10-16(3)4/h6-9,11H,5,10H2,1-4H3,(H,15,17). The van der Waals surface area contributed by atoms with E-state index in [9.17, 15) is 4.79 Å².